The van der Waals surface area contributed by atoms with Gasteiger partial charge in [0, 0.05) is 16.4 Å². The number of anilines is 1. The largest absolute Gasteiger partial charge is 0.453 e. The highest BCUT2D eigenvalue weighted by Gasteiger charge is 2.09. The lowest BCUT2D eigenvalue weighted by Gasteiger charge is -2.06. The number of nitrogens with one attached hydrogen (secondary N) is 1. The SMILES string of the molecule is O=C(COc1nnc2ccccn12)Nc1cccc(Br)c1. The van der Waals surface area contributed by atoms with Gasteiger partial charge in [0.2, 0.25) is 0 Å². The van der Waals surface area contributed by atoms with Gasteiger partial charge in [-0.05, 0) is 30.3 Å². The number of pyridine rings is 1. The summed E-state index contributed by atoms with van der Waals surface area (Å²) in [4.78, 5) is 11.8. The molecule has 2 heterocycles. The lowest BCUT2D eigenvalue weighted by molar-refractivity contribution is -0.118. The van der Waals surface area contributed by atoms with Gasteiger partial charge in [0.15, 0.2) is 12.3 Å². The Morgan fingerprint density at radius 3 is 3.00 bits per heavy atom. The van der Waals surface area contributed by atoms with Crippen LogP contribution < -0.4 is 10.1 Å². The maximum atomic E-state index is 11.8. The molecule has 1 N–H and O–H groups in total. The van der Waals surface area contributed by atoms with E-state index in [1.807, 2.05) is 30.3 Å². The molecule has 0 bridgehead atoms. The molecule has 1 amide bonds. The van der Waals surface area contributed by atoms with Gasteiger partial charge in [-0.3, -0.25) is 9.20 Å². The average Bonchev–Trinajstić information content (AvgIpc) is 2.88. The third-order valence-electron chi connectivity index (χ3n) is 2.72. The van der Waals surface area contributed by atoms with Crippen molar-refractivity contribution in [1.82, 2.24) is 14.6 Å². The third-order valence-corrected chi connectivity index (χ3v) is 3.22. The summed E-state index contributed by atoms with van der Waals surface area (Å²) in [5.74, 6) is -0.263. The van der Waals surface area contributed by atoms with Crippen molar-refractivity contribution in [1.29, 1.82) is 0 Å². The standard InChI is InChI=1S/C14H11BrN4O2/c15-10-4-3-5-11(8-10)16-13(20)9-21-14-18-17-12-6-1-2-7-19(12)14/h1-8H,9H2,(H,16,20). The second-order valence-electron chi connectivity index (χ2n) is 4.26. The normalized spacial score (nSPS) is 10.5. The Morgan fingerprint density at radius 2 is 2.14 bits per heavy atom. The fourth-order valence-electron chi connectivity index (χ4n) is 1.81. The maximum Gasteiger partial charge on any atom is 0.322 e. The van der Waals surface area contributed by atoms with Crippen LogP contribution in [0.15, 0.2) is 53.1 Å². The first kappa shape index (κ1) is 13.6. The van der Waals surface area contributed by atoms with Crippen LogP contribution in [0, 0.1) is 0 Å². The van der Waals surface area contributed by atoms with Crippen molar-refractivity contribution in [2.75, 3.05) is 11.9 Å². The lowest BCUT2D eigenvalue weighted by Crippen LogP contribution is -2.20. The number of hydrogen-bond donors (Lipinski definition) is 1. The van der Waals surface area contributed by atoms with Crippen molar-refractivity contribution >= 4 is 33.2 Å². The van der Waals surface area contributed by atoms with Crippen molar-refractivity contribution in [3.63, 3.8) is 0 Å². The maximum absolute atomic E-state index is 11.8. The monoisotopic (exact) mass is 346 g/mol. The van der Waals surface area contributed by atoms with Gasteiger partial charge >= 0.3 is 6.01 Å². The van der Waals surface area contributed by atoms with E-state index in [2.05, 4.69) is 31.4 Å². The summed E-state index contributed by atoms with van der Waals surface area (Å²) in [5, 5.41) is 10.6. The number of hydrogen-bond acceptors (Lipinski definition) is 4. The Balaban J connectivity index is 1.63. The smallest absolute Gasteiger partial charge is 0.322 e. The number of rotatable bonds is 4. The van der Waals surface area contributed by atoms with Crippen molar-refractivity contribution in [3.8, 4) is 6.01 Å². The first-order valence-corrected chi connectivity index (χ1v) is 7.00. The molecular weight excluding hydrogens is 336 g/mol. The Labute approximate surface area is 128 Å². The number of ether oxygens (including phenoxy) is 1. The molecule has 6 nitrogen and oxygen atoms in total. The Kier molecular flexibility index (Phi) is 3.83. The molecule has 0 saturated carbocycles. The summed E-state index contributed by atoms with van der Waals surface area (Å²) in [5.41, 5.74) is 1.36. The van der Waals surface area contributed by atoms with E-state index in [1.165, 1.54) is 0 Å². The molecule has 1 aromatic carbocycles. The molecule has 2 aromatic heterocycles. The predicted molar refractivity (Wildman–Crippen MR) is 81.3 cm³/mol. The third kappa shape index (κ3) is 3.19. The zero-order valence-electron chi connectivity index (χ0n) is 10.9. The Bertz CT molecular complexity index is 787. The minimum Gasteiger partial charge on any atom is -0.453 e. The first-order chi connectivity index (χ1) is 10.2. The van der Waals surface area contributed by atoms with Crippen molar-refractivity contribution in [2.45, 2.75) is 0 Å². The molecule has 0 unspecified atom stereocenters. The fourth-order valence-corrected chi connectivity index (χ4v) is 2.21. The number of amides is 1. The van der Waals surface area contributed by atoms with Gasteiger partial charge in [0.1, 0.15) is 0 Å². The van der Waals surface area contributed by atoms with Gasteiger partial charge in [-0.15, -0.1) is 5.10 Å². The summed E-state index contributed by atoms with van der Waals surface area (Å²) in [6.07, 6.45) is 1.77. The second kappa shape index (κ2) is 5.92. The quantitative estimate of drug-likeness (QED) is 0.788. The molecular formula is C14H11BrN4O2. The van der Waals surface area contributed by atoms with Crippen LogP contribution in [-0.4, -0.2) is 27.1 Å². The summed E-state index contributed by atoms with van der Waals surface area (Å²) in [7, 11) is 0. The van der Waals surface area contributed by atoms with Crippen molar-refractivity contribution in [2.24, 2.45) is 0 Å². The number of fused-ring (bicyclic) bond motifs is 1. The molecule has 0 aliphatic heterocycles. The van der Waals surface area contributed by atoms with Crippen LogP contribution in [0.4, 0.5) is 5.69 Å². The van der Waals surface area contributed by atoms with E-state index < -0.39 is 0 Å². The first-order valence-electron chi connectivity index (χ1n) is 6.20. The molecule has 3 rings (SSSR count). The molecule has 0 radical (unpaired) electrons. The number of halogens is 1. The Hall–Kier alpha value is -2.41. The molecule has 0 spiro atoms. The van der Waals surface area contributed by atoms with Gasteiger partial charge in [-0.1, -0.05) is 33.2 Å². The molecule has 0 saturated heterocycles. The van der Waals surface area contributed by atoms with Gasteiger partial charge in [0.25, 0.3) is 5.91 Å². The van der Waals surface area contributed by atoms with Crippen LogP contribution in [0.5, 0.6) is 6.01 Å². The molecule has 0 aliphatic carbocycles. The molecule has 3 aromatic rings. The number of nitrogens with zero attached hydrogens (tertiary/aromatic N) is 3. The van der Waals surface area contributed by atoms with E-state index in [-0.39, 0.29) is 18.5 Å². The van der Waals surface area contributed by atoms with Crippen molar-refractivity contribution in [3.05, 3.63) is 53.1 Å². The number of carbonyl (C=O) groups excluding carboxylic acids is 1. The molecule has 0 aliphatic rings. The predicted octanol–water partition coefficient (Wildman–Crippen LogP) is 2.51. The number of benzene rings is 1. The van der Waals surface area contributed by atoms with E-state index in [9.17, 15) is 4.79 Å². The van der Waals surface area contributed by atoms with Crippen LogP contribution in [0.25, 0.3) is 5.65 Å². The van der Waals surface area contributed by atoms with E-state index in [0.29, 0.717) is 11.3 Å². The van der Waals surface area contributed by atoms with Gasteiger partial charge in [-0.25, -0.2) is 0 Å². The molecule has 7 heteroatoms. The zero-order chi connectivity index (χ0) is 14.7. The molecule has 0 atom stereocenters. The highest BCUT2D eigenvalue weighted by Crippen LogP contribution is 2.15. The molecule has 106 valence electrons. The lowest BCUT2D eigenvalue weighted by atomic mass is 10.3. The van der Waals surface area contributed by atoms with E-state index >= 15 is 0 Å². The number of carbonyl (C=O) groups is 1. The number of aromatic nitrogens is 3. The van der Waals surface area contributed by atoms with Crippen LogP contribution in [0.1, 0.15) is 0 Å². The van der Waals surface area contributed by atoms with Gasteiger partial charge in [-0.2, -0.15) is 0 Å². The highest BCUT2D eigenvalue weighted by atomic mass is 79.9. The summed E-state index contributed by atoms with van der Waals surface area (Å²) >= 11 is 3.35. The topological polar surface area (TPSA) is 68.5 Å². The summed E-state index contributed by atoms with van der Waals surface area (Å²) in [6, 6.07) is 13.1. The highest BCUT2D eigenvalue weighted by molar-refractivity contribution is 9.10. The second-order valence-corrected chi connectivity index (χ2v) is 5.17. The van der Waals surface area contributed by atoms with Gasteiger partial charge < -0.3 is 10.1 Å². The minimum atomic E-state index is -0.263. The Morgan fingerprint density at radius 1 is 1.24 bits per heavy atom. The van der Waals surface area contributed by atoms with E-state index in [0.717, 1.165) is 4.47 Å². The molecule has 0 fully saturated rings. The van der Waals surface area contributed by atoms with Crippen LogP contribution in [0.3, 0.4) is 0 Å². The van der Waals surface area contributed by atoms with Gasteiger partial charge in [0.05, 0.1) is 0 Å². The van der Waals surface area contributed by atoms with Crippen LogP contribution >= 0.6 is 15.9 Å². The van der Waals surface area contributed by atoms with E-state index in [1.54, 1.807) is 22.7 Å². The van der Waals surface area contributed by atoms with Crippen LogP contribution in [-0.2, 0) is 4.79 Å². The summed E-state index contributed by atoms with van der Waals surface area (Å²) in [6.45, 7) is -0.137. The average molecular weight is 347 g/mol. The molecule has 21 heavy (non-hydrogen) atoms. The minimum absolute atomic E-state index is 0.137. The van der Waals surface area contributed by atoms with Crippen molar-refractivity contribution < 1.29 is 9.53 Å². The zero-order valence-corrected chi connectivity index (χ0v) is 12.4. The summed E-state index contributed by atoms with van der Waals surface area (Å²) < 4.78 is 7.96. The van der Waals surface area contributed by atoms with E-state index in [4.69, 9.17) is 4.74 Å². The fraction of sp³-hybridized carbons (Fsp3) is 0.0714. The van der Waals surface area contributed by atoms with Crippen LogP contribution in [0.2, 0.25) is 0 Å².